The van der Waals surface area contributed by atoms with Gasteiger partial charge in [0.05, 0.1) is 0 Å². The summed E-state index contributed by atoms with van der Waals surface area (Å²) in [4.78, 5) is 2.58. The molecule has 2 unspecified atom stereocenters. The maximum absolute atomic E-state index is 8.90. The summed E-state index contributed by atoms with van der Waals surface area (Å²) in [7, 11) is 2.06. The minimum Gasteiger partial charge on any atom is -0.396 e. The van der Waals surface area contributed by atoms with Crippen LogP contribution in [0.1, 0.15) is 33.1 Å². The van der Waals surface area contributed by atoms with Gasteiger partial charge in [0.1, 0.15) is 0 Å². The minimum absolute atomic E-state index is 0.338. The summed E-state index contributed by atoms with van der Waals surface area (Å²) >= 11 is 0. The van der Waals surface area contributed by atoms with Crippen molar-refractivity contribution in [3.63, 3.8) is 0 Å². The molecule has 1 aliphatic heterocycles. The second-order valence-corrected chi connectivity index (χ2v) is 5.57. The SMILES string of the molecule is CNC1CC(CCCO)CN(CC(C)C)C1. The molecule has 0 saturated carbocycles. The Morgan fingerprint density at radius 2 is 2.12 bits per heavy atom. The molecule has 0 spiro atoms. The van der Waals surface area contributed by atoms with E-state index in [1.54, 1.807) is 0 Å². The van der Waals surface area contributed by atoms with Gasteiger partial charge < -0.3 is 15.3 Å². The largest absolute Gasteiger partial charge is 0.396 e. The molecule has 1 aliphatic rings. The highest BCUT2D eigenvalue weighted by Crippen LogP contribution is 2.21. The summed E-state index contributed by atoms with van der Waals surface area (Å²) in [6.45, 7) is 8.51. The molecule has 3 heteroatoms. The van der Waals surface area contributed by atoms with Crippen LogP contribution in [-0.4, -0.2) is 49.3 Å². The maximum atomic E-state index is 8.90. The van der Waals surface area contributed by atoms with E-state index in [4.69, 9.17) is 5.11 Å². The lowest BCUT2D eigenvalue weighted by atomic mass is 9.90. The Kier molecular flexibility index (Phi) is 6.32. The number of likely N-dealkylation sites (N-methyl/N-ethyl adjacent to an activating group) is 1. The van der Waals surface area contributed by atoms with Crippen molar-refractivity contribution < 1.29 is 5.11 Å². The zero-order chi connectivity index (χ0) is 12.0. The molecule has 0 aromatic rings. The first kappa shape index (κ1) is 13.9. The fourth-order valence-electron chi connectivity index (χ4n) is 2.77. The maximum Gasteiger partial charge on any atom is 0.0431 e. The second kappa shape index (κ2) is 7.25. The van der Waals surface area contributed by atoms with Gasteiger partial charge in [-0.3, -0.25) is 0 Å². The topological polar surface area (TPSA) is 35.5 Å². The van der Waals surface area contributed by atoms with Crippen molar-refractivity contribution >= 4 is 0 Å². The van der Waals surface area contributed by atoms with Crippen molar-refractivity contribution in [2.75, 3.05) is 33.3 Å². The number of aliphatic hydroxyl groups is 1. The molecular weight excluding hydrogens is 200 g/mol. The Labute approximate surface area is 100 Å². The summed E-state index contributed by atoms with van der Waals surface area (Å²) in [6.07, 6.45) is 3.39. The Morgan fingerprint density at radius 3 is 2.69 bits per heavy atom. The van der Waals surface area contributed by atoms with E-state index in [-0.39, 0.29) is 0 Å². The van der Waals surface area contributed by atoms with Crippen molar-refractivity contribution in [1.82, 2.24) is 10.2 Å². The van der Waals surface area contributed by atoms with Gasteiger partial charge >= 0.3 is 0 Å². The highest BCUT2D eigenvalue weighted by Gasteiger charge is 2.25. The van der Waals surface area contributed by atoms with Gasteiger partial charge in [-0.15, -0.1) is 0 Å². The molecule has 16 heavy (non-hydrogen) atoms. The lowest BCUT2D eigenvalue weighted by Gasteiger charge is -2.38. The van der Waals surface area contributed by atoms with Gasteiger partial charge in [0, 0.05) is 32.3 Å². The number of nitrogens with one attached hydrogen (secondary N) is 1. The number of rotatable bonds is 6. The van der Waals surface area contributed by atoms with E-state index >= 15 is 0 Å². The van der Waals surface area contributed by atoms with Gasteiger partial charge in [-0.05, 0) is 38.1 Å². The summed E-state index contributed by atoms with van der Waals surface area (Å²) in [5.41, 5.74) is 0. The first-order chi connectivity index (χ1) is 7.65. The summed E-state index contributed by atoms with van der Waals surface area (Å²) in [5, 5.41) is 12.3. The van der Waals surface area contributed by atoms with Crippen molar-refractivity contribution in [1.29, 1.82) is 0 Å². The molecule has 1 rings (SSSR count). The van der Waals surface area contributed by atoms with Gasteiger partial charge in [-0.1, -0.05) is 13.8 Å². The minimum atomic E-state index is 0.338. The van der Waals surface area contributed by atoms with Crippen LogP contribution >= 0.6 is 0 Å². The second-order valence-electron chi connectivity index (χ2n) is 5.57. The van der Waals surface area contributed by atoms with Crippen molar-refractivity contribution in [3.05, 3.63) is 0 Å². The number of piperidine rings is 1. The molecule has 96 valence electrons. The molecule has 0 bridgehead atoms. The smallest absolute Gasteiger partial charge is 0.0431 e. The summed E-state index contributed by atoms with van der Waals surface area (Å²) < 4.78 is 0. The average molecular weight is 228 g/mol. The third-order valence-electron chi connectivity index (χ3n) is 3.41. The predicted octanol–water partition coefficient (Wildman–Crippen LogP) is 1.32. The van der Waals surface area contributed by atoms with Gasteiger partial charge in [-0.2, -0.15) is 0 Å². The van der Waals surface area contributed by atoms with Crippen LogP contribution in [0, 0.1) is 11.8 Å². The molecule has 0 aliphatic carbocycles. The molecule has 1 fully saturated rings. The van der Waals surface area contributed by atoms with E-state index in [0.717, 1.165) is 18.3 Å². The zero-order valence-electron chi connectivity index (χ0n) is 11.1. The van der Waals surface area contributed by atoms with E-state index in [1.807, 2.05) is 0 Å². The van der Waals surface area contributed by atoms with Crippen molar-refractivity contribution in [2.24, 2.45) is 11.8 Å². The fraction of sp³-hybridized carbons (Fsp3) is 1.00. The highest BCUT2D eigenvalue weighted by molar-refractivity contribution is 4.83. The Morgan fingerprint density at radius 1 is 1.38 bits per heavy atom. The normalized spacial score (nSPS) is 27.6. The van der Waals surface area contributed by atoms with Crippen LogP contribution in [0.2, 0.25) is 0 Å². The van der Waals surface area contributed by atoms with Crippen LogP contribution in [-0.2, 0) is 0 Å². The van der Waals surface area contributed by atoms with E-state index in [2.05, 4.69) is 31.1 Å². The summed E-state index contributed by atoms with van der Waals surface area (Å²) in [6, 6.07) is 0.635. The van der Waals surface area contributed by atoms with Gasteiger partial charge in [0.15, 0.2) is 0 Å². The quantitative estimate of drug-likeness (QED) is 0.720. The lowest BCUT2D eigenvalue weighted by Crippen LogP contribution is -2.49. The predicted molar refractivity (Wildman–Crippen MR) is 68.6 cm³/mol. The van der Waals surface area contributed by atoms with Gasteiger partial charge in [0.25, 0.3) is 0 Å². The van der Waals surface area contributed by atoms with Crippen LogP contribution in [0.15, 0.2) is 0 Å². The monoisotopic (exact) mass is 228 g/mol. The molecule has 3 nitrogen and oxygen atoms in total. The Bertz CT molecular complexity index is 185. The van der Waals surface area contributed by atoms with Crippen LogP contribution in [0.3, 0.4) is 0 Å². The van der Waals surface area contributed by atoms with E-state index in [0.29, 0.717) is 12.6 Å². The van der Waals surface area contributed by atoms with Crippen molar-refractivity contribution in [3.8, 4) is 0 Å². The lowest BCUT2D eigenvalue weighted by molar-refractivity contribution is 0.121. The molecule has 0 aromatic carbocycles. The van der Waals surface area contributed by atoms with E-state index < -0.39 is 0 Å². The van der Waals surface area contributed by atoms with Crippen LogP contribution in [0.25, 0.3) is 0 Å². The highest BCUT2D eigenvalue weighted by atomic mass is 16.2. The third-order valence-corrected chi connectivity index (χ3v) is 3.41. The molecule has 1 saturated heterocycles. The van der Waals surface area contributed by atoms with Crippen LogP contribution in [0.5, 0.6) is 0 Å². The molecule has 2 N–H and O–H groups in total. The molecule has 0 amide bonds. The standard InChI is InChI=1S/C13H28N2O/c1-11(2)8-15-9-12(5-4-6-16)7-13(10-15)14-3/h11-14,16H,4-10H2,1-3H3. The Hall–Kier alpha value is -0.120. The Balaban J connectivity index is 2.40. The van der Waals surface area contributed by atoms with E-state index in [1.165, 1.54) is 32.5 Å². The van der Waals surface area contributed by atoms with Gasteiger partial charge in [-0.25, -0.2) is 0 Å². The number of nitrogens with zero attached hydrogens (tertiary/aromatic N) is 1. The molecular formula is C13H28N2O. The number of aliphatic hydroxyl groups excluding tert-OH is 1. The zero-order valence-corrected chi connectivity index (χ0v) is 11.1. The average Bonchev–Trinajstić information content (AvgIpc) is 2.25. The number of hydrogen-bond acceptors (Lipinski definition) is 3. The molecule has 1 heterocycles. The number of likely N-dealkylation sites (tertiary alicyclic amines) is 1. The molecule has 0 aromatic heterocycles. The molecule has 2 atom stereocenters. The molecule has 0 radical (unpaired) electrons. The number of hydrogen-bond donors (Lipinski definition) is 2. The van der Waals surface area contributed by atoms with Gasteiger partial charge in [0.2, 0.25) is 0 Å². The van der Waals surface area contributed by atoms with Crippen molar-refractivity contribution in [2.45, 2.75) is 39.2 Å². The van der Waals surface area contributed by atoms with Crippen LogP contribution < -0.4 is 5.32 Å². The van der Waals surface area contributed by atoms with E-state index in [9.17, 15) is 0 Å². The summed E-state index contributed by atoms with van der Waals surface area (Å²) in [5.74, 6) is 1.51. The van der Waals surface area contributed by atoms with Crippen LogP contribution in [0.4, 0.5) is 0 Å². The first-order valence-electron chi connectivity index (χ1n) is 6.66. The fourth-order valence-corrected chi connectivity index (χ4v) is 2.77. The first-order valence-corrected chi connectivity index (χ1v) is 6.66. The third kappa shape index (κ3) is 4.81.